The van der Waals surface area contributed by atoms with Gasteiger partial charge in [-0.15, -0.1) is 0 Å². The Morgan fingerprint density at radius 3 is 2.59 bits per heavy atom. The first-order valence-electron chi connectivity index (χ1n) is 8.26. The molecular formula is C19H20N4O3S. The van der Waals surface area contributed by atoms with Crippen LogP contribution in [0.1, 0.15) is 5.56 Å². The average molecular weight is 384 g/mol. The van der Waals surface area contributed by atoms with Gasteiger partial charge in [0, 0.05) is 11.6 Å². The maximum Gasteiger partial charge on any atom is 0.244 e. The van der Waals surface area contributed by atoms with Crippen LogP contribution in [-0.4, -0.2) is 34.9 Å². The Morgan fingerprint density at radius 2 is 1.93 bits per heavy atom. The zero-order valence-corrected chi connectivity index (χ0v) is 16.1. The molecule has 0 saturated carbocycles. The lowest BCUT2D eigenvalue weighted by Gasteiger charge is -2.12. The smallest absolute Gasteiger partial charge is 0.244 e. The van der Waals surface area contributed by atoms with E-state index < -0.39 is 0 Å². The summed E-state index contributed by atoms with van der Waals surface area (Å²) in [5, 5.41) is 9.85. The van der Waals surface area contributed by atoms with E-state index in [1.54, 1.807) is 29.9 Å². The van der Waals surface area contributed by atoms with Crippen LogP contribution in [0.5, 0.6) is 11.5 Å². The van der Waals surface area contributed by atoms with Gasteiger partial charge in [-0.05, 0) is 31.3 Å². The highest BCUT2D eigenvalue weighted by Gasteiger charge is 2.14. The first-order valence-corrected chi connectivity index (χ1v) is 8.66. The van der Waals surface area contributed by atoms with Crippen LogP contribution < -0.4 is 14.8 Å². The van der Waals surface area contributed by atoms with Crippen LogP contribution >= 0.6 is 12.2 Å². The van der Waals surface area contributed by atoms with Crippen molar-refractivity contribution >= 4 is 23.8 Å². The number of hydrogen-bond donors (Lipinski definition) is 2. The van der Waals surface area contributed by atoms with Crippen molar-refractivity contribution < 1.29 is 14.3 Å². The van der Waals surface area contributed by atoms with E-state index in [0.29, 0.717) is 27.8 Å². The zero-order chi connectivity index (χ0) is 19.4. The Morgan fingerprint density at radius 1 is 1.19 bits per heavy atom. The molecular weight excluding hydrogens is 364 g/mol. The van der Waals surface area contributed by atoms with Gasteiger partial charge in [0.15, 0.2) is 10.6 Å². The molecule has 2 aromatic carbocycles. The van der Waals surface area contributed by atoms with Crippen LogP contribution in [0.2, 0.25) is 0 Å². The SMILES string of the molecule is COc1ccc(NC(=O)Cn2c(-c3ccc(C)cc3)n[nH]c2=S)c(OC)c1. The first kappa shape index (κ1) is 18.7. The average Bonchev–Trinajstić information content (AvgIpc) is 3.03. The number of anilines is 1. The predicted octanol–water partition coefficient (Wildman–Crippen LogP) is 3.57. The van der Waals surface area contributed by atoms with Gasteiger partial charge in [0.05, 0.1) is 19.9 Å². The monoisotopic (exact) mass is 384 g/mol. The summed E-state index contributed by atoms with van der Waals surface area (Å²) in [5.74, 6) is 1.52. The Hall–Kier alpha value is -3.13. The van der Waals surface area contributed by atoms with Gasteiger partial charge in [-0.2, -0.15) is 5.10 Å². The van der Waals surface area contributed by atoms with Crippen molar-refractivity contribution in [2.45, 2.75) is 13.5 Å². The second kappa shape index (κ2) is 8.05. The number of aromatic amines is 1. The van der Waals surface area contributed by atoms with E-state index in [0.717, 1.165) is 11.1 Å². The molecule has 0 radical (unpaired) electrons. The van der Waals surface area contributed by atoms with Crippen molar-refractivity contribution in [3.05, 3.63) is 52.8 Å². The summed E-state index contributed by atoms with van der Waals surface area (Å²) in [6, 6.07) is 13.0. The van der Waals surface area contributed by atoms with Crippen molar-refractivity contribution in [1.29, 1.82) is 0 Å². The topological polar surface area (TPSA) is 81.2 Å². The number of benzene rings is 2. The first-order chi connectivity index (χ1) is 13.0. The number of aryl methyl sites for hydroxylation is 1. The van der Waals surface area contributed by atoms with Crippen LogP contribution in [0, 0.1) is 11.7 Å². The lowest BCUT2D eigenvalue weighted by Crippen LogP contribution is -2.20. The van der Waals surface area contributed by atoms with Crippen LogP contribution in [0.25, 0.3) is 11.4 Å². The number of hydrogen-bond acceptors (Lipinski definition) is 5. The highest BCUT2D eigenvalue weighted by atomic mass is 32.1. The zero-order valence-electron chi connectivity index (χ0n) is 15.3. The Bertz CT molecular complexity index is 1010. The largest absolute Gasteiger partial charge is 0.497 e. The fourth-order valence-corrected chi connectivity index (χ4v) is 2.82. The summed E-state index contributed by atoms with van der Waals surface area (Å²) < 4.78 is 12.5. The summed E-state index contributed by atoms with van der Waals surface area (Å²) >= 11 is 5.29. The van der Waals surface area contributed by atoms with E-state index in [-0.39, 0.29) is 12.5 Å². The highest BCUT2D eigenvalue weighted by Crippen LogP contribution is 2.29. The molecule has 0 spiro atoms. The van der Waals surface area contributed by atoms with Crippen molar-refractivity contribution in [2.75, 3.05) is 19.5 Å². The molecule has 0 bridgehead atoms. The molecule has 140 valence electrons. The summed E-state index contributed by atoms with van der Waals surface area (Å²) in [6.07, 6.45) is 0. The fourth-order valence-electron chi connectivity index (χ4n) is 2.62. The standard InChI is InChI=1S/C19H20N4O3S/c1-12-4-6-13(7-5-12)18-21-22-19(27)23(18)11-17(24)20-15-9-8-14(25-2)10-16(15)26-3/h4-10H,11H2,1-3H3,(H,20,24)(H,22,27). The molecule has 7 nitrogen and oxygen atoms in total. The summed E-state index contributed by atoms with van der Waals surface area (Å²) in [4.78, 5) is 12.6. The third kappa shape index (κ3) is 4.17. The molecule has 0 unspecified atom stereocenters. The van der Waals surface area contributed by atoms with Crippen molar-refractivity contribution in [3.63, 3.8) is 0 Å². The van der Waals surface area contributed by atoms with Gasteiger partial charge in [-0.3, -0.25) is 14.5 Å². The van der Waals surface area contributed by atoms with Crippen molar-refractivity contribution in [1.82, 2.24) is 14.8 Å². The van der Waals surface area contributed by atoms with Gasteiger partial charge in [0.1, 0.15) is 18.0 Å². The number of amides is 1. The molecule has 0 fully saturated rings. The minimum atomic E-state index is -0.246. The molecule has 0 aliphatic rings. The van der Waals surface area contributed by atoms with E-state index in [1.165, 1.54) is 7.11 Å². The number of nitrogens with one attached hydrogen (secondary N) is 2. The van der Waals surface area contributed by atoms with Gasteiger partial charge < -0.3 is 14.8 Å². The number of carbonyl (C=O) groups excluding carboxylic acids is 1. The highest BCUT2D eigenvalue weighted by molar-refractivity contribution is 7.71. The van der Waals surface area contributed by atoms with Gasteiger partial charge in [-0.1, -0.05) is 29.8 Å². The lowest BCUT2D eigenvalue weighted by molar-refractivity contribution is -0.116. The Labute approximate surface area is 161 Å². The van der Waals surface area contributed by atoms with Crippen LogP contribution in [0.3, 0.4) is 0 Å². The second-order valence-corrected chi connectivity index (χ2v) is 6.31. The molecule has 3 rings (SSSR count). The van der Waals surface area contributed by atoms with Crippen LogP contribution in [0.15, 0.2) is 42.5 Å². The molecule has 3 aromatic rings. The normalized spacial score (nSPS) is 10.5. The molecule has 0 aliphatic heterocycles. The minimum Gasteiger partial charge on any atom is -0.497 e. The maximum atomic E-state index is 12.6. The molecule has 1 heterocycles. The summed E-state index contributed by atoms with van der Waals surface area (Å²) in [6.45, 7) is 2.03. The number of carbonyl (C=O) groups is 1. The molecule has 0 aliphatic carbocycles. The molecule has 1 aromatic heterocycles. The maximum absolute atomic E-state index is 12.6. The molecule has 2 N–H and O–H groups in total. The predicted molar refractivity (Wildman–Crippen MR) is 106 cm³/mol. The number of ether oxygens (including phenoxy) is 2. The number of aromatic nitrogens is 3. The summed E-state index contributed by atoms with van der Waals surface area (Å²) in [5.41, 5.74) is 2.57. The minimum absolute atomic E-state index is 0.0216. The van der Waals surface area contributed by atoms with Gasteiger partial charge in [0.2, 0.25) is 5.91 Å². The number of methoxy groups -OCH3 is 2. The quantitative estimate of drug-likeness (QED) is 0.635. The third-order valence-corrected chi connectivity index (χ3v) is 4.36. The molecule has 1 amide bonds. The van der Waals surface area contributed by atoms with Crippen molar-refractivity contribution in [2.24, 2.45) is 0 Å². The lowest BCUT2D eigenvalue weighted by atomic mass is 10.1. The Kier molecular flexibility index (Phi) is 5.56. The number of H-pyrrole nitrogens is 1. The molecule has 8 heteroatoms. The van der Waals surface area contributed by atoms with E-state index in [4.69, 9.17) is 21.7 Å². The van der Waals surface area contributed by atoms with Gasteiger partial charge in [0.25, 0.3) is 0 Å². The molecule has 0 atom stereocenters. The number of rotatable bonds is 6. The molecule has 27 heavy (non-hydrogen) atoms. The Balaban J connectivity index is 1.82. The van der Waals surface area contributed by atoms with Gasteiger partial charge in [-0.25, -0.2) is 0 Å². The van der Waals surface area contributed by atoms with E-state index in [1.807, 2.05) is 31.2 Å². The fraction of sp³-hybridized carbons (Fsp3) is 0.211. The van der Waals surface area contributed by atoms with E-state index in [2.05, 4.69) is 15.5 Å². The van der Waals surface area contributed by atoms with E-state index >= 15 is 0 Å². The van der Waals surface area contributed by atoms with Crippen LogP contribution in [0.4, 0.5) is 5.69 Å². The van der Waals surface area contributed by atoms with E-state index in [9.17, 15) is 4.79 Å². The molecule has 0 saturated heterocycles. The number of nitrogens with zero attached hydrogens (tertiary/aromatic N) is 2. The van der Waals surface area contributed by atoms with Crippen LogP contribution in [-0.2, 0) is 11.3 Å². The second-order valence-electron chi connectivity index (χ2n) is 5.92. The summed E-state index contributed by atoms with van der Waals surface area (Å²) in [7, 11) is 3.10. The van der Waals surface area contributed by atoms with Crippen molar-refractivity contribution in [3.8, 4) is 22.9 Å². The third-order valence-electron chi connectivity index (χ3n) is 4.05. The van der Waals surface area contributed by atoms with Gasteiger partial charge >= 0.3 is 0 Å².